The van der Waals surface area contributed by atoms with Gasteiger partial charge in [0, 0.05) is 30.4 Å². The molecule has 3 rings (SSSR count). The maximum Gasteiger partial charge on any atom is 0.122 e. The first kappa shape index (κ1) is 12.4. The minimum absolute atomic E-state index is 0.480. The summed E-state index contributed by atoms with van der Waals surface area (Å²) in [5.74, 6) is 1.09. The van der Waals surface area contributed by atoms with Gasteiger partial charge in [-0.1, -0.05) is 0 Å². The molecule has 2 aromatic rings. The molecule has 0 radical (unpaired) electrons. The standard InChI is InChI=1S/C13H16BrN3S/c1-17-6-5-15-13(17)8-16-10-3-2-4-11-9(10)7-12(14)18-11/h5-7,10,16H,2-4,8H2,1H3. The first-order chi connectivity index (χ1) is 8.74. The Hall–Kier alpha value is -0.650. The molecule has 0 fully saturated rings. The predicted molar refractivity (Wildman–Crippen MR) is 77.7 cm³/mol. The van der Waals surface area contributed by atoms with E-state index < -0.39 is 0 Å². The Bertz CT molecular complexity index is 546. The van der Waals surface area contributed by atoms with Gasteiger partial charge in [0.2, 0.25) is 0 Å². The molecule has 0 spiro atoms. The normalized spacial score (nSPS) is 18.9. The molecule has 0 aromatic carbocycles. The second kappa shape index (κ2) is 5.15. The van der Waals surface area contributed by atoms with Crippen molar-refractivity contribution >= 4 is 27.3 Å². The van der Waals surface area contributed by atoms with Crippen LogP contribution in [-0.2, 0) is 20.0 Å². The molecule has 3 nitrogen and oxygen atoms in total. The van der Waals surface area contributed by atoms with Gasteiger partial charge >= 0.3 is 0 Å². The molecule has 0 saturated carbocycles. The summed E-state index contributed by atoms with van der Waals surface area (Å²) in [6, 6.07) is 2.75. The van der Waals surface area contributed by atoms with Crippen molar-refractivity contribution in [2.45, 2.75) is 31.8 Å². The monoisotopic (exact) mass is 325 g/mol. The van der Waals surface area contributed by atoms with Crippen molar-refractivity contribution in [2.24, 2.45) is 7.05 Å². The van der Waals surface area contributed by atoms with Crippen molar-refractivity contribution in [1.82, 2.24) is 14.9 Å². The van der Waals surface area contributed by atoms with E-state index in [2.05, 4.69) is 36.9 Å². The van der Waals surface area contributed by atoms with Crippen LogP contribution in [0.3, 0.4) is 0 Å². The Balaban J connectivity index is 1.73. The molecule has 2 aromatic heterocycles. The number of thiophene rings is 1. The molecule has 2 heterocycles. The van der Waals surface area contributed by atoms with Crippen LogP contribution < -0.4 is 5.32 Å². The molecule has 1 aliphatic rings. The molecule has 1 aliphatic carbocycles. The number of aryl methyl sites for hydroxylation is 2. The zero-order chi connectivity index (χ0) is 12.5. The number of hydrogen-bond donors (Lipinski definition) is 1. The number of imidazole rings is 1. The third-order valence-electron chi connectivity index (χ3n) is 3.51. The maximum atomic E-state index is 4.36. The van der Waals surface area contributed by atoms with Gasteiger partial charge in [0.05, 0.1) is 10.3 Å². The van der Waals surface area contributed by atoms with Crippen molar-refractivity contribution in [3.63, 3.8) is 0 Å². The fraction of sp³-hybridized carbons (Fsp3) is 0.462. The van der Waals surface area contributed by atoms with Crippen LogP contribution in [0.25, 0.3) is 0 Å². The Morgan fingerprint density at radius 1 is 1.61 bits per heavy atom. The van der Waals surface area contributed by atoms with Crippen LogP contribution in [0.5, 0.6) is 0 Å². The summed E-state index contributed by atoms with van der Waals surface area (Å²) >= 11 is 5.47. The van der Waals surface area contributed by atoms with E-state index in [0.29, 0.717) is 6.04 Å². The quantitative estimate of drug-likeness (QED) is 0.937. The molecule has 18 heavy (non-hydrogen) atoms. The summed E-state index contributed by atoms with van der Waals surface area (Å²) in [4.78, 5) is 5.89. The van der Waals surface area contributed by atoms with Gasteiger partial charge in [-0.05, 0) is 46.8 Å². The lowest BCUT2D eigenvalue weighted by Crippen LogP contribution is -2.25. The average molecular weight is 326 g/mol. The molecule has 0 saturated heterocycles. The topological polar surface area (TPSA) is 29.9 Å². The molecule has 96 valence electrons. The molecular weight excluding hydrogens is 310 g/mol. The number of nitrogens with one attached hydrogen (secondary N) is 1. The van der Waals surface area contributed by atoms with Crippen LogP contribution in [-0.4, -0.2) is 9.55 Å². The number of rotatable bonds is 3. The largest absolute Gasteiger partial charge is 0.337 e. The molecular formula is C13H16BrN3S. The van der Waals surface area contributed by atoms with Crippen LogP contribution in [0, 0.1) is 0 Å². The van der Waals surface area contributed by atoms with E-state index in [0.717, 1.165) is 12.4 Å². The van der Waals surface area contributed by atoms with Gasteiger partial charge in [-0.3, -0.25) is 0 Å². The smallest absolute Gasteiger partial charge is 0.122 e. The lowest BCUT2D eigenvalue weighted by atomic mass is 9.94. The molecule has 5 heteroatoms. The Kier molecular flexibility index (Phi) is 3.54. The Labute approximate surface area is 119 Å². The first-order valence-electron chi connectivity index (χ1n) is 6.21. The Morgan fingerprint density at radius 2 is 2.50 bits per heavy atom. The van der Waals surface area contributed by atoms with Crippen molar-refractivity contribution < 1.29 is 0 Å². The summed E-state index contributed by atoms with van der Waals surface area (Å²) in [6.45, 7) is 0.834. The number of aromatic nitrogens is 2. The van der Waals surface area contributed by atoms with Gasteiger partial charge in [0.15, 0.2) is 0 Å². The summed E-state index contributed by atoms with van der Waals surface area (Å²) in [5.41, 5.74) is 1.48. The van der Waals surface area contributed by atoms with E-state index in [1.54, 1.807) is 0 Å². The van der Waals surface area contributed by atoms with Gasteiger partial charge in [-0.25, -0.2) is 4.98 Å². The minimum Gasteiger partial charge on any atom is -0.337 e. The van der Waals surface area contributed by atoms with Gasteiger partial charge in [-0.15, -0.1) is 11.3 Å². The van der Waals surface area contributed by atoms with Crippen molar-refractivity contribution in [3.8, 4) is 0 Å². The molecule has 1 atom stereocenters. The first-order valence-corrected chi connectivity index (χ1v) is 7.82. The molecule has 0 bridgehead atoms. The van der Waals surface area contributed by atoms with Crippen LogP contribution in [0.1, 0.15) is 35.1 Å². The number of fused-ring (bicyclic) bond motifs is 1. The number of halogens is 1. The minimum atomic E-state index is 0.480. The van der Waals surface area contributed by atoms with E-state index in [1.165, 1.54) is 33.5 Å². The number of hydrogen-bond acceptors (Lipinski definition) is 3. The van der Waals surface area contributed by atoms with Crippen LogP contribution >= 0.6 is 27.3 Å². The third-order valence-corrected chi connectivity index (χ3v) is 5.22. The van der Waals surface area contributed by atoms with E-state index >= 15 is 0 Å². The van der Waals surface area contributed by atoms with Gasteiger partial charge in [-0.2, -0.15) is 0 Å². The van der Waals surface area contributed by atoms with E-state index in [4.69, 9.17) is 0 Å². The van der Waals surface area contributed by atoms with Gasteiger partial charge in [0.1, 0.15) is 5.82 Å². The fourth-order valence-electron chi connectivity index (χ4n) is 2.51. The van der Waals surface area contributed by atoms with Crippen molar-refractivity contribution in [2.75, 3.05) is 0 Å². The lowest BCUT2D eigenvalue weighted by molar-refractivity contribution is 0.453. The highest BCUT2D eigenvalue weighted by Crippen LogP contribution is 2.37. The zero-order valence-electron chi connectivity index (χ0n) is 10.3. The molecule has 1 unspecified atom stereocenters. The van der Waals surface area contributed by atoms with E-state index in [9.17, 15) is 0 Å². The van der Waals surface area contributed by atoms with Gasteiger partial charge in [0.25, 0.3) is 0 Å². The summed E-state index contributed by atoms with van der Waals surface area (Å²) in [5, 5.41) is 3.64. The zero-order valence-corrected chi connectivity index (χ0v) is 12.7. The highest BCUT2D eigenvalue weighted by Gasteiger charge is 2.22. The average Bonchev–Trinajstić information content (AvgIpc) is 2.91. The summed E-state index contributed by atoms with van der Waals surface area (Å²) in [6.07, 6.45) is 7.57. The van der Waals surface area contributed by atoms with Crippen molar-refractivity contribution in [3.05, 3.63) is 38.5 Å². The highest BCUT2D eigenvalue weighted by molar-refractivity contribution is 9.11. The van der Waals surface area contributed by atoms with E-state index in [1.807, 2.05) is 30.8 Å². The second-order valence-electron chi connectivity index (χ2n) is 4.71. The van der Waals surface area contributed by atoms with Crippen LogP contribution in [0.4, 0.5) is 0 Å². The third kappa shape index (κ3) is 2.39. The second-order valence-corrected chi connectivity index (χ2v) is 7.23. The molecule has 1 N–H and O–H groups in total. The maximum absolute atomic E-state index is 4.36. The molecule has 0 aliphatic heterocycles. The number of nitrogens with zero attached hydrogens (tertiary/aromatic N) is 2. The summed E-state index contributed by atoms with van der Waals surface area (Å²) in [7, 11) is 2.04. The predicted octanol–water partition coefficient (Wildman–Crippen LogP) is 3.41. The van der Waals surface area contributed by atoms with Crippen molar-refractivity contribution in [1.29, 1.82) is 0 Å². The Morgan fingerprint density at radius 3 is 3.28 bits per heavy atom. The van der Waals surface area contributed by atoms with Crippen LogP contribution in [0.15, 0.2) is 22.2 Å². The SMILES string of the molecule is Cn1ccnc1CNC1CCCc2sc(Br)cc21. The molecule has 0 amide bonds. The fourth-order valence-corrected chi connectivity index (χ4v) is 4.33. The van der Waals surface area contributed by atoms with Crippen LogP contribution in [0.2, 0.25) is 0 Å². The highest BCUT2D eigenvalue weighted by atomic mass is 79.9. The lowest BCUT2D eigenvalue weighted by Gasteiger charge is -2.23. The van der Waals surface area contributed by atoms with E-state index in [-0.39, 0.29) is 0 Å². The summed E-state index contributed by atoms with van der Waals surface area (Å²) < 4.78 is 3.32. The van der Waals surface area contributed by atoms with Gasteiger partial charge < -0.3 is 9.88 Å².